The van der Waals surface area contributed by atoms with Crippen molar-refractivity contribution in [2.45, 2.75) is 32.6 Å². The SMILES string of the molecule is CC1CCC(C(=O)Oc2ccc(C=C(C#N)C(=O)Oc3ccc(F)cc3)cc2)CC1. The van der Waals surface area contributed by atoms with Gasteiger partial charge in [-0.1, -0.05) is 19.1 Å². The van der Waals surface area contributed by atoms with Gasteiger partial charge in [-0.3, -0.25) is 4.79 Å². The molecule has 0 aromatic heterocycles. The van der Waals surface area contributed by atoms with Crippen molar-refractivity contribution in [2.24, 2.45) is 11.8 Å². The standard InChI is InChI=1S/C24H22FNO4/c1-16-2-6-18(7-3-16)23(27)29-21-10-4-17(5-11-21)14-19(15-26)24(28)30-22-12-8-20(25)9-13-22/h4-5,8-14,16,18H,2-3,6-7H2,1H3. The Morgan fingerprint density at radius 1 is 0.967 bits per heavy atom. The van der Waals surface area contributed by atoms with Gasteiger partial charge in [0, 0.05) is 0 Å². The molecule has 0 atom stereocenters. The third-order valence-corrected chi connectivity index (χ3v) is 5.12. The van der Waals surface area contributed by atoms with E-state index >= 15 is 0 Å². The number of hydrogen-bond acceptors (Lipinski definition) is 5. The summed E-state index contributed by atoms with van der Waals surface area (Å²) >= 11 is 0. The Morgan fingerprint density at radius 3 is 2.13 bits per heavy atom. The van der Waals surface area contributed by atoms with Crippen LogP contribution in [-0.2, 0) is 9.59 Å². The van der Waals surface area contributed by atoms with Gasteiger partial charge in [0.1, 0.15) is 29.0 Å². The minimum atomic E-state index is -0.842. The molecule has 0 amide bonds. The van der Waals surface area contributed by atoms with Crippen molar-refractivity contribution >= 4 is 18.0 Å². The highest BCUT2D eigenvalue weighted by Gasteiger charge is 2.25. The Labute approximate surface area is 174 Å². The molecule has 1 saturated carbocycles. The molecule has 0 saturated heterocycles. The van der Waals surface area contributed by atoms with Crippen molar-refractivity contribution in [2.75, 3.05) is 0 Å². The Hall–Kier alpha value is -3.46. The predicted octanol–water partition coefficient (Wildman–Crippen LogP) is 5.07. The molecule has 5 nitrogen and oxygen atoms in total. The van der Waals surface area contributed by atoms with Crippen LogP contribution < -0.4 is 9.47 Å². The summed E-state index contributed by atoms with van der Waals surface area (Å²) in [5.41, 5.74) is 0.370. The zero-order chi connectivity index (χ0) is 21.5. The average molecular weight is 407 g/mol. The summed E-state index contributed by atoms with van der Waals surface area (Å²) < 4.78 is 23.5. The number of carbonyl (C=O) groups is 2. The Kier molecular flexibility index (Phi) is 6.97. The minimum absolute atomic E-state index is 0.0628. The van der Waals surface area contributed by atoms with Crippen LogP contribution in [0.3, 0.4) is 0 Å². The lowest BCUT2D eigenvalue weighted by atomic mass is 9.83. The van der Waals surface area contributed by atoms with Crippen molar-refractivity contribution in [1.82, 2.24) is 0 Å². The molecule has 0 radical (unpaired) electrons. The van der Waals surface area contributed by atoms with Gasteiger partial charge in [0.05, 0.1) is 5.92 Å². The maximum absolute atomic E-state index is 12.9. The summed E-state index contributed by atoms with van der Waals surface area (Å²) in [6, 6.07) is 13.3. The van der Waals surface area contributed by atoms with Gasteiger partial charge in [-0.25, -0.2) is 9.18 Å². The molecule has 0 aliphatic heterocycles. The number of nitrogens with zero attached hydrogens (tertiary/aromatic N) is 1. The highest BCUT2D eigenvalue weighted by molar-refractivity contribution is 5.99. The van der Waals surface area contributed by atoms with Gasteiger partial charge in [0.15, 0.2) is 0 Å². The van der Waals surface area contributed by atoms with Crippen molar-refractivity contribution in [3.05, 3.63) is 65.5 Å². The van der Waals surface area contributed by atoms with E-state index in [0.29, 0.717) is 17.2 Å². The van der Waals surface area contributed by atoms with Gasteiger partial charge in [0.2, 0.25) is 0 Å². The number of carbonyl (C=O) groups excluding carboxylic acids is 2. The van der Waals surface area contributed by atoms with Crippen LogP contribution in [0.2, 0.25) is 0 Å². The molecule has 2 aromatic rings. The molecule has 1 fully saturated rings. The number of benzene rings is 2. The molecular formula is C24H22FNO4. The second-order valence-corrected chi connectivity index (χ2v) is 7.46. The summed E-state index contributed by atoms with van der Waals surface area (Å²) in [6.45, 7) is 2.19. The van der Waals surface area contributed by atoms with Crippen LogP contribution in [0.25, 0.3) is 6.08 Å². The molecule has 1 aliphatic carbocycles. The fourth-order valence-corrected chi connectivity index (χ4v) is 3.30. The average Bonchev–Trinajstić information content (AvgIpc) is 2.75. The van der Waals surface area contributed by atoms with E-state index in [2.05, 4.69) is 6.92 Å². The van der Waals surface area contributed by atoms with Crippen LogP contribution in [0, 0.1) is 29.0 Å². The molecule has 0 N–H and O–H groups in total. The van der Waals surface area contributed by atoms with Crippen molar-refractivity contribution in [3.63, 3.8) is 0 Å². The lowest BCUT2D eigenvalue weighted by molar-refractivity contribution is -0.140. The molecule has 30 heavy (non-hydrogen) atoms. The normalized spacial score (nSPS) is 18.9. The van der Waals surface area contributed by atoms with E-state index in [0.717, 1.165) is 37.8 Å². The molecule has 2 aromatic carbocycles. The summed E-state index contributed by atoms with van der Waals surface area (Å²) in [5, 5.41) is 9.27. The number of nitriles is 1. The fourth-order valence-electron chi connectivity index (χ4n) is 3.30. The quantitative estimate of drug-likeness (QED) is 0.299. The maximum atomic E-state index is 12.9. The Balaban J connectivity index is 1.61. The van der Waals surface area contributed by atoms with Crippen LogP contribution >= 0.6 is 0 Å². The second-order valence-electron chi connectivity index (χ2n) is 7.46. The fraction of sp³-hybridized carbons (Fsp3) is 0.292. The first-order chi connectivity index (χ1) is 14.4. The van der Waals surface area contributed by atoms with Crippen LogP contribution in [0.4, 0.5) is 4.39 Å². The predicted molar refractivity (Wildman–Crippen MR) is 109 cm³/mol. The zero-order valence-electron chi connectivity index (χ0n) is 16.6. The van der Waals surface area contributed by atoms with E-state index < -0.39 is 11.8 Å². The third-order valence-electron chi connectivity index (χ3n) is 5.12. The number of halogens is 1. The molecule has 0 spiro atoms. The van der Waals surface area contributed by atoms with Crippen molar-refractivity contribution < 1.29 is 23.5 Å². The summed E-state index contributed by atoms with van der Waals surface area (Å²) in [7, 11) is 0. The number of esters is 2. The maximum Gasteiger partial charge on any atom is 0.354 e. The number of hydrogen-bond donors (Lipinski definition) is 0. The van der Waals surface area contributed by atoms with Crippen molar-refractivity contribution in [1.29, 1.82) is 5.26 Å². The Morgan fingerprint density at radius 2 is 1.53 bits per heavy atom. The van der Waals surface area contributed by atoms with Gasteiger partial charge in [-0.15, -0.1) is 0 Å². The highest BCUT2D eigenvalue weighted by Crippen LogP contribution is 2.29. The van der Waals surface area contributed by atoms with E-state index in [1.807, 2.05) is 0 Å². The number of rotatable bonds is 5. The van der Waals surface area contributed by atoms with Crippen LogP contribution in [0.5, 0.6) is 11.5 Å². The molecule has 0 unspecified atom stereocenters. The topological polar surface area (TPSA) is 76.4 Å². The summed E-state index contributed by atoms with van der Waals surface area (Å²) in [5.74, 6) is -0.358. The highest BCUT2D eigenvalue weighted by atomic mass is 19.1. The van der Waals surface area contributed by atoms with E-state index in [9.17, 15) is 19.2 Å². The van der Waals surface area contributed by atoms with E-state index in [1.165, 1.54) is 18.2 Å². The molecular weight excluding hydrogens is 385 g/mol. The smallest absolute Gasteiger partial charge is 0.354 e. The first kappa shape index (κ1) is 21.3. The molecule has 154 valence electrons. The monoisotopic (exact) mass is 407 g/mol. The van der Waals surface area contributed by atoms with Crippen LogP contribution in [0.15, 0.2) is 54.1 Å². The molecule has 3 rings (SSSR count). The van der Waals surface area contributed by atoms with E-state index in [1.54, 1.807) is 30.3 Å². The first-order valence-electron chi connectivity index (χ1n) is 9.86. The first-order valence-corrected chi connectivity index (χ1v) is 9.86. The summed E-state index contributed by atoms with van der Waals surface area (Å²) in [6.07, 6.45) is 5.15. The third kappa shape index (κ3) is 5.77. The van der Waals surface area contributed by atoms with Crippen LogP contribution in [-0.4, -0.2) is 11.9 Å². The zero-order valence-corrected chi connectivity index (χ0v) is 16.6. The Bertz CT molecular complexity index is 966. The van der Waals surface area contributed by atoms with Gasteiger partial charge in [0.25, 0.3) is 0 Å². The van der Waals surface area contributed by atoms with E-state index in [-0.39, 0.29) is 23.2 Å². The second kappa shape index (κ2) is 9.84. The van der Waals surface area contributed by atoms with Gasteiger partial charge >= 0.3 is 11.9 Å². The van der Waals surface area contributed by atoms with E-state index in [4.69, 9.17) is 9.47 Å². The lowest BCUT2D eigenvalue weighted by Crippen LogP contribution is -2.24. The van der Waals surface area contributed by atoms with Crippen LogP contribution in [0.1, 0.15) is 38.2 Å². The molecule has 0 heterocycles. The number of ether oxygens (including phenoxy) is 2. The lowest BCUT2D eigenvalue weighted by Gasteiger charge is -2.24. The molecule has 0 bridgehead atoms. The minimum Gasteiger partial charge on any atom is -0.426 e. The van der Waals surface area contributed by atoms with Crippen molar-refractivity contribution in [3.8, 4) is 17.6 Å². The largest absolute Gasteiger partial charge is 0.426 e. The van der Waals surface area contributed by atoms with Gasteiger partial charge in [-0.2, -0.15) is 5.26 Å². The molecule has 6 heteroatoms. The summed E-state index contributed by atoms with van der Waals surface area (Å²) in [4.78, 5) is 24.5. The van der Waals surface area contributed by atoms with Gasteiger partial charge in [-0.05, 0) is 79.6 Å². The molecule has 1 aliphatic rings. The van der Waals surface area contributed by atoms with Gasteiger partial charge < -0.3 is 9.47 Å².